The number of nitrogens with one attached hydrogen (secondary N) is 1. The molecule has 8 nitrogen and oxygen atoms in total. The van der Waals surface area contributed by atoms with Crippen molar-refractivity contribution in [2.24, 2.45) is 5.10 Å². The number of hydrogen-bond acceptors (Lipinski definition) is 6. The Labute approximate surface area is 158 Å². The van der Waals surface area contributed by atoms with Crippen LogP contribution in [0.2, 0.25) is 0 Å². The fraction of sp³-hybridized carbons (Fsp3) is 0.176. The minimum absolute atomic E-state index is 0.147. The van der Waals surface area contributed by atoms with Gasteiger partial charge in [0.05, 0.1) is 22.7 Å². The molecule has 0 aromatic heterocycles. The molecular formula is C17H16BrN3O5. The minimum Gasteiger partial charge on any atom is -0.490 e. The number of methoxy groups -OCH3 is 1. The van der Waals surface area contributed by atoms with Crippen molar-refractivity contribution in [3.8, 4) is 11.5 Å². The molecule has 0 radical (unpaired) electrons. The zero-order valence-corrected chi connectivity index (χ0v) is 15.6. The number of rotatable bonds is 7. The highest BCUT2D eigenvalue weighted by Gasteiger charge is 2.14. The van der Waals surface area contributed by atoms with Crippen LogP contribution < -0.4 is 14.9 Å². The van der Waals surface area contributed by atoms with Crippen LogP contribution in [0.5, 0.6) is 11.5 Å². The summed E-state index contributed by atoms with van der Waals surface area (Å²) in [6.45, 7) is 1.72. The van der Waals surface area contributed by atoms with E-state index in [4.69, 9.17) is 9.47 Å². The summed E-state index contributed by atoms with van der Waals surface area (Å²) in [6, 6.07) is 9.84. The summed E-state index contributed by atoms with van der Waals surface area (Å²) in [7, 11) is 1.35. The zero-order valence-electron chi connectivity index (χ0n) is 14.1. The summed E-state index contributed by atoms with van der Waals surface area (Å²) in [6.07, 6.45) is 1.30. The second kappa shape index (κ2) is 8.95. The maximum Gasteiger partial charge on any atom is 0.311 e. The molecule has 2 rings (SSSR count). The molecule has 0 aliphatic heterocycles. The van der Waals surface area contributed by atoms with E-state index in [0.29, 0.717) is 11.3 Å². The molecule has 2 aromatic carbocycles. The molecule has 2 aromatic rings. The first-order valence-corrected chi connectivity index (χ1v) is 8.23. The zero-order chi connectivity index (χ0) is 19.1. The predicted octanol–water partition coefficient (Wildman–Crippen LogP) is 3.20. The second-order valence-corrected chi connectivity index (χ2v) is 6.06. The Morgan fingerprint density at radius 3 is 2.69 bits per heavy atom. The number of nitro benzene ring substituents is 1. The Hall–Kier alpha value is -2.94. The summed E-state index contributed by atoms with van der Waals surface area (Å²) in [5.41, 5.74) is 3.62. The van der Waals surface area contributed by atoms with Gasteiger partial charge in [0.15, 0.2) is 12.4 Å². The summed E-state index contributed by atoms with van der Waals surface area (Å²) in [5.74, 6) is 0.227. The summed E-state index contributed by atoms with van der Waals surface area (Å²) in [4.78, 5) is 22.2. The Balaban J connectivity index is 1.92. The lowest BCUT2D eigenvalue weighted by Gasteiger charge is -2.07. The third kappa shape index (κ3) is 5.28. The van der Waals surface area contributed by atoms with Gasteiger partial charge in [0, 0.05) is 11.6 Å². The smallest absolute Gasteiger partial charge is 0.311 e. The van der Waals surface area contributed by atoms with Gasteiger partial charge >= 0.3 is 5.69 Å². The summed E-state index contributed by atoms with van der Waals surface area (Å²) >= 11 is 3.36. The summed E-state index contributed by atoms with van der Waals surface area (Å²) in [5, 5.41) is 14.7. The predicted molar refractivity (Wildman–Crippen MR) is 99.8 cm³/mol. The van der Waals surface area contributed by atoms with Gasteiger partial charge < -0.3 is 9.47 Å². The first-order chi connectivity index (χ1) is 12.4. The van der Waals surface area contributed by atoms with Crippen LogP contribution in [0, 0.1) is 17.0 Å². The van der Waals surface area contributed by atoms with Gasteiger partial charge in [-0.2, -0.15) is 5.10 Å². The van der Waals surface area contributed by atoms with Crippen LogP contribution >= 0.6 is 15.9 Å². The highest BCUT2D eigenvalue weighted by atomic mass is 79.9. The molecule has 9 heteroatoms. The fourth-order valence-corrected chi connectivity index (χ4v) is 2.62. The Morgan fingerprint density at radius 2 is 2.04 bits per heavy atom. The number of carbonyl (C=O) groups excluding carboxylic acids is 1. The van der Waals surface area contributed by atoms with Crippen LogP contribution in [0.1, 0.15) is 11.1 Å². The lowest BCUT2D eigenvalue weighted by Crippen LogP contribution is -2.24. The molecule has 0 spiro atoms. The van der Waals surface area contributed by atoms with Gasteiger partial charge in [-0.05, 0) is 52.7 Å². The Morgan fingerprint density at radius 1 is 1.31 bits per heavy atom. The molecule has 136 valence electrons. The minimum atomic E-state index is -0.554. The molecule has 26 heavy (non-hydrogen) atoms. The molecule has 0 unspecified atom stereocenters. The third-order valence-corrected chi connectivity index (χ3v) is 3.87. The van der Waals surface area contributed by atoms with E-state index < -0.39 is 10.8 Å². The van der Waals surface area contributed by atoms with Crippen LogP contribution in [0.4, 0.5) is 5.69 Å². The normalized spacial score (nSPS) is 10.6. The van der Waals surface area contributed by atoms with Gasteiger partial charge in [-0.25, -0.2) is 5.43 Å². The number of halogens is 1. The van der Waals surface area contributed by atoms with E-state index in [1.807, 2.05) is 19.1 Å². The molecule has 0 saturated heterocycles. The highest BCUT2D eigenvalue weighted by Crippen LogP contribution is 2.27. The monoisotopic (exact) mass is 421 g/mol. The molecule has 0 bridgehead atoms. The number of nitrogens with zero attached hydrogens (tertiary/aromatic N) is 2. The average molecular weight is 422 g/mol. The highest BCUT2D eigenvalue weighted by molar-refractivity contribution is 9.10. The van der Waals surface area contributed by atoms with Crippen molar-refractivity contribution in [1.82, 2.24) is 5.43 Å². The number of benzene rings is 2. The number of amides is 1. The SMILES string of the molecule is COc1ccc(/C=N/NC(=O)COc2ccc(C)cc2Br)cc1[N+](=O)[O-]. The molecule has 1 N–H and O–H groups in total. The molecule has 1 amide bonds. The lowest BCUT2D eigenvalue weighted by atomic mass is 10.2. The van der Waals surface area contributed by atoms with Gasteiger partial charge in [-0.3, -0.25) is 14.9 Å². The lowest BCUT2D eigenvalue weighted by molar-refractivity contribution is -0.385. The number of hydrogen-bond donors (Lipinski definition) is 1. The van der Waals surface area contributed by atoms with E-state index in [9.17, 15) is 14.9 Å². The van der Waals surface area contributed by atoms with Crippen molar-refractivity contribution in [2.75, 3.05) is 13.7 Å². The van der Waals surface area contributed by atoms with Crippen LogP contribution in [-0.2, 0) is 4.79 Å². The van der Waals surface area contributed by atoms with E-state index in [-0.39, 0.29) is 18.0 Å². The van der Waals surface area contributed by atoms with Gasteiger partial charge in [-0.1, -0.05) is 6.07 Å². The van der Waals surface area contributed by atoms with Crippen molar-refractivity contribution in [2.45, 2.75) is 6.92 Å². The van der Waals surface area contributed by atoms with Crippen LogP contribution in [0.15, 0.2) is 46.0 Å². The maximum absolute atomic E-state index is 11.8. The second-order valence-electron chi connectivity index (χ2n) is 5.20. The topological polar surface area (TPSA) is 103 Å². The molecule has 0 aliphatic carbocycles. The average Bonchev–Trinajstić information content (AvgIpc) is 2.60. The molecule has 0 aliphatic rings. The van der Waals surface area contributed by atoms with E-state index in [1.165, 1.54) is 25.5 Å². The van der Waals surface area contributed by atoms with Crippen LogP contribution in [-0.4, -0.2) is 30.8 Å². The van der Waals surface area contributed by atoms with Gasteiger partial charge in [-0.15, -0.1) is 0 Å². The molecule has 0 heterocycles. The van der Waals surface area contributed by atoms with Gasteiger partial charge in [0.2, 0.25) is 0 Å². The van der Waals surface area contributed by atoms with Gasteiger partial charge in [0.1, 0.15) is 5.75 Å². The van der Waals surface area contributed by atoms with E-state index in [2.05, 4.69) is 26.5 Å². The van der Waals surface area contributed by atoms with Crippen molar-refractivity contribution >= 4 is 33.7 Å². The molecule has 0 fully saturated rings. The largest absolute Gasteiger partial charge is 0.490 e. The Bertz CT molecular complexity index is 854. The van der Waals surface area contributed by atoms with Gasteiger partial charge in [0.25, 0.3) is 5.91 Å². The van der Waals surface area contributed by atoms with Crippen molar-refractivity contribution in [1.29, 1.82) is 0 Å². The van der Waals surface area contributed by atoms with Crippen molar-refractivity contribution in [3.05, 3.63) is 62.1 Å². The standard InChI is InChI=1S/C17H16BrN3O5/c1-11-3-5-15(13(18)7-11)26-10-17(22)20-19-9-12-4-6-16(25-2)14(8-12)21(23)24/h3-9H,10H2,1-2H3,(H,20,22)/b19-9+. The first kappa shape index (κ1) is 19.4. The molecular weight excluding hydrogens is 406 g/mol. The molecule has 0 saturated carbocycles. The third-order valence-electron chi connectivity index (χ3n) is 3.25. The summed E-state index contributed by atoms with van der Waals surface area (Å²) < 4.78 is 11.1. The fourth-order valence-electron chi connectivity index (χ4n) is 2.01. The molecule has 0 atom stereocenters. The van der Waals surface area contributed by atoms with Crippen LogP contribution in [0.25, 0.3) is 0 Å². The Kier molecular flexibility index (Phi) is 6.67. The number of carbonyl (C=O) groups is 1. The van der Waals surface area contributed by atoms with E-state index in [0.717, 1.165) is 10.0 Å². The first-order valence-electron chi connectivity index (χ1n) is 7.44. The number of ether oxygens (including phenoxy) is 2. The number of hydrazone groups is 1. The van der Waals surface area contributed by atoms with Crippen molar-refractivity contribution < 1.29 is 19.2 Å². The van der Waals surface area contributed by atoms with Crippen LogP contribution in [0.3, 0.4) is 0 Å². The van der Waals surface area contributed by atoms with E-state index >= 15 is 0 Å². The maximum atomic E-state index is 11.8. The quantitative estimate of drug-likeness (QED) is 0.419. The number of nitro groups is 1. The van der Waals surface area contributed by atoms with Crippen molar-refractivity contribution in [3.63, 3.8) is 0 Å². The number of aryl methyl sites for hydroxylation is 1. The van der Waals surface area contributed by atoms with E-state index in [1.54, 1.807) is 12.1 Å².